The molecular formula is C19H15BrF3NO3. The Morgan fingerprint density at radius 3 is 2.15 bits per heavy atom. The second-order valence-corrected chi connectivity index (χ2v) is 7.53. The molecule has 1 saturated carbocycles. The van der Waals surface area contributed by atoms with Gasteiger partial charge in [0.1, 0.15) is 5.78 Å². The molecule has 27 heavy (non-hydrogen) atoms. The van der Waals surface area contributed by atoms with Gasteiger partial charge in [0.05, 0.1) is 17.4 Å². The van der Waals surface area contributed by atoms with Crippen LogP contribution in [-0.4, -0.2) is 16.7 Å². The van der Waals surface area contributed by atoms with E-state index in [9.17, 15) is 28.1 Å². The number of Topliss-reactive ketones (excluding diaryl/α,β-unsaturated/α-hetero) is 1. The van der Waals surface area contributed by atoms with E-state index in [0.717, 1.165) is 16.6 Å². The molecule has 0 bridgehead atoms. The zero-order chi connectivity index (χ0) is 19.8. The maximum absolute atomic E-state index is 13.0. The highest BCUT2D eigenvalue weighted by molar-refractivity contribution is 9.10. The molecule has 8 heteroatoms. The van der Waals surface area contributed by atoms with E-state index >= 15 is 0 Å². The zero-order valence-electron chi connectivity index (χ0n) is 13.9. The molecule has 3 atom stereocenters. The molecule has 0 amide bonds. The Morgan fingerprint density at radius 1 is 1.00 bits per heavy atom. The van der Waals surface area contributed by atoms with E-state index in [4.69, 9.17) is 0 Å². The Bertz CT molecular complexity index is 867. The highest BCUT2D eigenvalue weighted by atomic mass is 79.9. The van der Waals surface area contributed by atoms with Gasteiger partial charge in [-0.3, -0.25) is 14.9 Å². The standard InChI is InChI=1S/C19H15BrF3NO3/c20-14-6-4-11(5-7-14)16-9-15(25)10-17(18(16)24(26)27)12-2-1-3-13(8-12)19(21,22)23/h1-8,16-18H,9-10H2/t16?,17-,18+/m0/s1. The van der Waals surface area contributed by atoms with Crippen molar-refractivity contribution in [2.24, 2.45) is 0 Å². The van der Waals surface area contributed by atoms with Crippen molar-refractivity contribution in [3.8, 4) is 0 Å². The first kappa shape index (κ1) is 19.5. The van der Waals surface area contributed by atoms with Crippen molar-refractivity contribution >= 4 is 21.7 Å². The number of alkyl halides is 3. The molecule has 0 N–H and O–H groups in total. The van der Waals surface area contributed by atoms with Crippen LogP contribution in [0.3, 0.4) is 0 Å². The lowest BCUT2D eigenvalue weighted by Crippen LogP contribution is -2.40. The van der Waals surface area contributed by atoms with Crippen LogP contribution in [0.1, 0.15) is 41.4 Å². The average molecular weight is 442 g/mol. The lowest BCUT2D eigenvalue weighted by Gasteiger charge is -2.32. The first-order valence-corrected chi connectivity index (χ1v) is 9.04. The summed E-state index contributed by atoms with van der Waals surface area (Å²) in [6, 6.07) is 10.2. The van der Waals surface area contributed by atoms with Crippen molar-refractivity contribution < 1.29 is 22.9 Å². The number of benzene rings is 2. The topological polar surface area (TPSA) is 60.2 Å². The molecule has 0 saturated heterocycles. The van der Waals surface area contributed by atoms with Crippen molar-refractivity contribution in [3.05, 3.63) is 79.8 Å². The number of nitro groups is 1. The van der Waals surface area contributed by atoms with Crippen molar-refractivity contribution in [1.29, 1.82) is 0 Å². The summed E-state index contributed by atoms with van der Waals surface area (Å²) in [7, 11) is 0. The molecule has 4 nitrogen and oxygen atoms in total. The number of hydrogen-bond acceptors (Lipinski definition) is 3. The summed E-state index contributed by atoms with van der Waals surface area (Å²) in [5.41, 5.74) is -0.0769. The third kappa shape index (κ3) is 4.21. The fourth-order valence-electron chi connectivity index (χ4n) is 3.68. The summed E-state index contributed by atoms with van der Waals surface area (Å²) in [6.07, 6.45) is -4.69. The summed E-state index contributed by atoms with van der Waals surface area (Å²) in [6.45, 7) is 0. The molecule has 142 valence electrons. The average Bonchev–Trinajstić information content (AvgIpc) is 2.60. The van der Waals surface area contributed by atoms with Crippen LogP contribution in [0, 0.1) is 10.1 Å². The molecule has 1 unspecified atom stereocenters. The number of carbonyl (C=O) groups excluding carboxylic acids is 1. The van der Waals surface area contributed by atoms with Crippen LogP contribution < -0.4 is 0 Å². The van der Waals surface area contributed by atoms with Gasteiger partial charge in [-0.05, 0) is 29.3 Å². The van der Waals surface area contributed by atoms with Gasteiger partial charge in [-0.25, -0.2) is 0 Å². The Labute approximate surface area is 161 Å². The monoisotopic (exact) mass is 441 g/mol. The number of halogens is 4. The highest BCUT2D eigenvalue weighted by Gasteiger charge is 2.47. The zero-order valence-corrected chi connectivity index (χ0v) is 15.5. The van der Waals surface area contributed by atoms with E-state index in [1.807, 2.05) is 0 Å². The molecule has 1 aliphatic rings. The molecule has 3 rings (SSSR count). The van der Waals surface area contributed by atoms with E-state index in [1.165, 1.54) is 12.1 Å². The van der Waals surface area contributed by atoms with Crippen LogP contribution in [0.4, 0.5) is 13.2 Å². The summed E-state index contributed by atoms with van der Waals surface area (Å²) in [5.74, 6) is -1.78. The summed E-state index contributed by atoms with van der Waals surface area (Å²) < 4.78 is 39.9. The normalized spacial score (nSPS) is 23.3. The molecule has 2 aromatic carbocycles. The first-order chi connectivity index (χ1) is 12.7. The van der Waals surface area contributed by atoms with Gasteiger partial charge in [0.25, 0.3) is 0 Å². The molecule has 0 heterocycles. The SMILES string of the molecule is O=C1CC(c2ccc(Br)cc2)[C@@H]([N+](=O)[O-])[C@H](c2cccc(C(F)(F)F)c2)C1. The third-order valence-electron chi connectivity index (χ3n) is 4.90. The maximum Gasteiger partial charge on any atom is 0.416 e. The van der Waals surface area contributed by atoms with Crippen LogP contribution >= 0.6 is 15.9 Å². The van der Waals surface area contributed by atoms with Gasteiger partial charge >= 0.3 is 6.18 Å². The van der Waals surface area contributed by atoms with Crippen molar-refractivity contribution in [1.82, 2.24) is 0 Å². The second-order valence-electron chi connectivity index (χ2n) is 6.61. The lowest BCUT2D eigenvalue weighted by molar-refractivity contribution is -0.532. The minimum Gasteiger partial charge on any atom is -0.300 e. The lowest BCUT2D eigenvalue weighted by atomic mass is 9.71. The molecular weight excluding hydrogens is 427 g/mol. The molecule has 1 aliphatic carbocycles. The van der Waals surface area contributed by atoms with E-state index in [0.29, 0.717) is 5.56 Å². The van der Waals surface area contributed by atoms with Gasteiger partial charge < -0.3 is 0 Å². The smallest absolute Gasteiger partial charge is 0.300 e. The van der Waals surface area contributed by atoms with E-state index < -0.39 is 34.5 Å². The number of rotatable bonds is 3. The van der Waals surface area contributed by atoms with Crippen LogP contribution in [0.5, 0.6) is 0 Å². The van der Waals surface area contributed by atoms with Gasteiger partial charge in [-0.1, -0.05) is 46.3 Å². The van der Waals surface area contributed by atoms with Crippen LogP contribution in [0.2, 0.25) is 0 Å². The van der Waals surface area contributed by atoms with E-state index in [2.05, 4.69) is 15.9 Å². The Balaban J connectivity index is 2.04. The Kier molecular flexibility index (Phi) is 5.37. The second kappa shape index (κ2) is 7.42. The van der Waals surface area contributed by atoms with Gasteiger partial charge in [0, 0.05) is 22.2 Å². The molecule has 0 aromatic heterocycles. The molecule has 0 aliphatic heterocycles. The quantitative estimate of drug-likeness (QED) is 0.476. The molecule has 1 fully saturated rings. The van der Waals surface area contributed by atoms with Crippen LogP contribution in [0.25, 0.3) is 0 Å². The minimum atomic E-state index is -4.55. The number of carbonyl (C=O) groups is 1. The fraction of sp³-hybridized carbons (Fsp3) is 0.316. The third-order valence-corrected chi connectivity index (χ3v) is 5.43. The number of ketones is 1. The largest absolute Gasteiger partial charge is 0.416 e. The molecule has 0 radical (unpaired) electrons. The molecule has 2 aromatic rings. The first-order valence-electron chi connectivity index (χ1n) is 8.24. The predicted octanol–water partition coefficient (Wildman–Crippen LogP) is 5.34. The summed E-state index contributed by atoms with van der Waals surface area (Å²) in [5, 5.41) is 11.8. The van der Waals surface area contributed by atoms with Crippen LogP contribution in [-0.2, 0) is 11.0 Å². The van der Waals surface area contributed by atoms with Gasteiger partial charge in [0.15, 0.2) is 0 Å². The predicted molar refractivity (Wildman–Crippen MR) is 96.1 cm³/mol. The number of nitrogens with zero attached hydrogens (tertiary/aromatic N) is 1. The summed E-state index contributed by atoms with van der Waals surface area (Å²) >= 11 is 3.29. The molecule has 0 spiro atoms. The van der Waals surface area contributed by atoms with Crippen molar-refractivity contribution in [2.75, 3.05) is 0 Å². The number of hydrogen-bond donors (Lipinski definition) is 0. The Morgan fingerprint density at radius 2 is 1.59 bits per heavy atom. The maximum atomic E-state index is 13.0. The fourth-order valence-corrected chi connectivity index (χ4v) is 3.94. The highest BCUT2D eigenvalue weighted by Crippen LogP contribution is 2.43. The van der Waals surface area contributed by atoms with E-state index in [1.54, 1.807) is 24.3 Å². The van der Waals surface area contributed by atoms with E-state index in [-0.39, 0.29) is 24.2 Å². The van der Waals surface area contributed by atoms with Crippen molar-refractivity contribution in [3.63, 3.8) is 0 Å². The van der Waals surface area contributed by atoms with Gasteiger partial charge in [-0.15, -0.1) is 0 Å². The van der Waals surface area contributed by atoms with Gasteiger partial charge in [0.2, 0.25) is 6.04 Å². The van der Waals surface area contributed by atoms with Crippen LogP contribution in [0.15, 0.2) is 53.0 Å². The Hall–Kier alpha value is -2.22. The summed E-state index contributed by atoms with van der Waals surface area (Å²) in [4.78, 5) is 23.7. The van der Waals surface area contributed by atoms with Crippen molar-refractivity contribution in [2.45, 2.75) is 36.9 Å². The minimum absolute atomic E-state index is 0.00272. The van der Waals surface area contributed by atoms with Gasteiger partial charge in [-0.2, -0.15) is 13.2 Å².